The Morgan fingerprint density at radius 2 is 1.26 bits per heavy atom. The minimum atomic E-state index is -6.00. The fourth-order valence-electron chi connectivity index (χ4n) is 4.07. The molecule has 0 spiro atoms. The molecular formula is C25H11F9N2OS. The molecule has 0 bridgehead atoms. The summed E-state index contributed by atoms with van der Waals surface area (Å²) in [5.74, 6) is -2.10. The predicted molar refractivity (Wildman–Crippen MR) is 122 cm³/mol. The number of aromatic nitrogens is 2. The number of fused-ring (bicyclic) bond motifs is 2. The lowest BCUT2D eigenvalue weighted by atomic mass is 9.98. The first-order chi connectivity index (χ1) is 17.7. The summed E-state index contributed by atoms with van der Waals surface area (Å²) in [5.41, 5.74) is -7.65. The van der Waals surface area contributed by atoms with Crippen LogP contribution in [-0.2, 0) is 18.5 Å². The first kappa shape index (κ1) is 25.8. The molecule has 38 heavy (non-hydrogen) atoms. The standard InChI is InChI=1S/C25H11F9N2OS/c26-23(27,28)16-7-8-17(20(25(32,33)34)19(16)24(29,30)31)37-22-15-11-13-5-2-1-4-12(13)10-14(15)21(35-36-22)18-6-3-9-38-18/h1-11H. The van der Waals surface area contributed by atoms with Crippen LogP contribution >= 0.6 is 11.3 Å². The summed E-state index contributed by atoms with van der Waals surface area (Å²) in [6.07, 6.45) is -17.6. The molecule has 0 N–H and O–H groups in total. The normalized spacial score (nSPS) is 12.9. The molecule has 13 heteroatoms. The maximum atomic E-state index is 13.9. The van der Waals surface area contributed by atoms with Crippen LogP contribution in [0.3, 0.4) is 0 Å². The lowest BCUT2D eigenvalue weighted by molar-refractivity contribution is -0.175. The maximum absolute atomic E-state index is 13.9. The summed E-state index contributed by atoms with van der Waals surface area (Å²) in [6.45, 7) is 0. The van der Waals surface area contributed by atoms with Gasteiger partial charge in [-0.15, -0.1) is 21.5 Å². The van der Waals surface area contributed by atoms with E-state index in [-0.39, 0.29) is 17.5 Å². The minimum absolute atomic E-state index is 0.0988. The molecule has 2 aromatic heterocycles. The van der Waals surface area contributed by atoms with E-state index in [1.807, 2.05) is 0 Å². The summed E-state index contributed by atoms with van der Waals surface area (Å²) in [6, 6.07) is 13.6. The van der Waals surface area contributed by atoms with Crippen molar-refractivity contribution in [3.05, 3.63) is 82.7 Å². The summed E-state index contributed by atoms with van der Waals surface area (Å²) < 4.78 is 128. The number of nitrogens with zero attached hydrogens (tertiary/aromatic N) is 2. The van der Waals surface area contributed by atoms with E-state index in [0.29, 0.717) is 21.3 Å². The molecule has 0 saturated heterocycles. The van der Waals surface area contributed by atoms with Crippen LogP contribution in [0.1, 0.15) is 16.7 Å². The lowest BCUT2D eigenvalue weighted by Gasteiger charge is -2.23. The summed E-state index contributed by atoms with van der Waals surface area (Å²) in [7, 11) is 0. The van der Waals surface area contributed by atoms with Crippen molar-refractivity contribution >= 4 is 32.9 Å². The van der Waals surface area contributed by atoms with E-state index in [1.165, 1.54) is 17.4 Å². The monoisotopic (exact) mass is 558 g/mol. The van der Waals surface area contributed by atoms with E-state index in [4.69, 9.17) is 4.74 Å². The highest BCUT2D eigenvalue weighted by molar-refractivity contribution is 7.13. The van der Waals surface area contributed by atoms with Gasteiger partial charge in [-0.3, -0.25) is 0 Å². The van der Waals surface area contributed by atoms with Crippen molar-refractivity contribution in [2.75, 3.05) is 0 Å². The van der Waals surface area contributed by atoms with Gasteiger partial charge in [-0.05, 0) is 46.5 Å². The van der Waals surface area contributed by atoms with Crippen LogP contribution in [0.4, 0.5) is 39.5 Å². The van der Waals surface area contributed by atoms with Crippen molar-refractivity contribution in [3.8, 4) is 22.2 Å². The highest BCUT2D eigenvalue weighted by Gasteiger charge is 2.52. The van der Waals surface area contributed by atoms with Crippen LogP contribution in [0.5, 0.6) is 11.6 Å². The van der Waals surface area contributed by atoms with Gasteiger partial charge in [0.2, 0.25) is 5.88 Å². The highest BCUT2D eigenvalue weighted by Crippen LogP contribution is 2.51. The molecule has 3 aromatic carbocycles. The SMILES string of the molecule is FC(F)(F)c1ccc(Oc2nnc(-c3cccs3)c3cc4ccccc4cc23)c(C(F)(F)F)c1C(F)(F)F. The number of ether oxygens (including phenoxy) is 1. The Morgan fingerprint density at radius 3 is 1.82 bits per heavy atom. The van der Waals surface area contributed by atoms with Gasteiger partial charge in [-0.1, -0.05) is 30.3 Å². The first-order valence-electron chi connectivity index (χ1n) is 10.5. The number of hydrogen-bond acceptors (Lipinski definition) is 4. The van der Waals surface area contributed by atoms with E-state index in [1.54, 1.807) is 47.8 Å². The molecule has 2 heterocycles. The molecule has 0 unspecified atom stereocenters. The van der Waals surface area contributed by atoms with Gasteiger partial charge in [0, 0.05) is 10.8 Å². The Morgan fingerprint density at radius 1 is 0.632 bits per heavy atom. The molecule has 5 aromatic rings. The number of rotatable bonds is 3. The van der Waals surface area contributed by atoms with Gasteiger partial charge in [-0.2, -0.15) is 39.5 Å². The second-order valence-electron chi connectivity index (χ2n) is 8.03. The summed E-state index contributed by atoms with van der Waals surface area (Å²) in [4.78, 5) is 0.647. The third-order valence-corrected chi connectivity index (χ3v) is 6.49. The average molecular weight is 558 g/mol. The quantitative estimate of drug-likeness (QED) is 0.164. The number of halogens is 9. The summed E-state index contributed by atoms with van der Waals surface area (Å²) in [5, 5.41) is 11.4. The molecule has 3 nitrogen and oxygen atoms in total. The molecule has 0 amide bonds. The zero-order chi connectivity index (χ0) is 27.5. The first-order valence-corrected chi connectivity index (χ1v) is 11.4. The van der Waals surface area contributed by atoms with E-state index in [2.05, 4.69) is 10.2 Å². The fraction of sp³-hybridized carbons (Fsp3) is 0.120. The van der Waals surface area contributed by atoms with Crippen LogP contribution in [0, 0.1) is 0 Å². The molecule has 5 rings (SSSR count). The van der Waals surface area contributed by atoms with Gasteiger partial charge < -0.3 is 4.74 Å². The van der Waals surface area contributed by atoms with Crippen LogP contribution in [-0.4, -0.2) is 10.2 Å². The second-order valence-corrected chi connectivity index (χ2v) is 8.98. The minimum Gasteiger partial charge on any atom is -0.436 e. The van der Waals surface area contributed by atoms with Gasteiger partial charge in [-0.25, -0.2) is 0 Å². The molecule has 0 saturated carbocycles. The van der Waals surface area contributed by atoms with Gasteiger partial charge >= 0.3 is 18.5 Å². The van der Waals surface area contributed by atoms with E-state index in [9.17, 15) is 39.5 Å². The van der Waals surface area contributed by atoms with Crippen molar-refractivity contribution < 1.29 is 44.3 Å². The highest BCUT2D eigenvalue weighted by atomic mass is 32.1. The van der Waals surface area contributed by atoms with Crippen molar-refractivity contribution in [1.82, 2.24) is 10.2 Å². The molecule has 0 radical (unpaired) electrons. The molecular weight excluding hydrogens is 547 g/mol. The molecule has 0 aliphatic rings. The lowest BCUT2D eigenvalue weighted by Crippen LogP contribution is -2.23. The largest absolute Gasteiger partial charge is 0.436 e. The Bertz CT molecular complexity index is 1660. The predicted octanol–water partition coefficient (Wildman–Crippen LogP) is 9.36. The maximum Gasteiger partial charge on any atom is 0.420 e. The van der Waals surface area contributed by atoms with Crippen LogP contribution in [0.25, 0.3) is 32.1 Å². The van der Waals surface area contributed by atoms with Crippen LogP contribution < -0.4 is 4.74 Å². The Labute approximate surface area is 211 Å². The zero-order valence-corrected chi connectivity index (χ0v) is 19.3. The van der Waals surface area contributed by atoms with Gasteiger partial charge in [0.05, 0.1) is 16.0 Å². The number of alkyl halides is 9. The Balaban J connectivity index is 1.78. The zero-order valence-electron chi connectivity index (χ0n) is 18.5. The smallest absolute Gasteiger partial charge is 0.420 e. The number of hydrogen-bond donors (Lipinski definition) is 0. The second kappa shape index (κ2) is 8.86. The molecule has 0 aliphatic heterocycles. The topological polar surface area (TPSA) is 35.0 Å². The Hall–Kier alpha value is -3.87. The molecule has 196 valence electrons. The Kier molecular flexibility index (Phi) is 6.01. The molecule has 0 fully saturated rings. The van der Waals surface area contributed by atoms with Crippen molar-refractivity contribution in [3.63, 3.8) is 0 Å². The van der Waals surface area contributed by atoms with Gasteiger partial charge in [0.15, 0.2) is 0 Å². The number of benzene rings is 3. The van der Waals surface area contributed by atoms with E-state index < -0.39 is 46.8 Å². The van der Waals surface area contributed by atoms with Gasteiger partial charge in [0.25, 0.3) is 0 Å². The number of thiophene rings is 1. The molecule has 0 aliphatic carbocycles. The van der Waals surface area contributed by atoms with Crippen molar-refractivity contribution in [2.24, 2.45) is 0 Å². The van der Waals surface area contributed by atoms with Crippen LogP contribution in [0.2, 0.25) is 0 Å². The fourth-order valence-corrected chi connectivity index (χ4v) is 4.80. The van der Waals surface area contributed by atoms with Gasteiger partial charge in [0.1, 0.15) is 17.0 Å². The van der Waals surface area contributed by atoms with Crippen molar-refractivity contribution in [1.29, 1.82) is 0 Å². The third-order valence-electron chi connectivity index (χ3n) is 5.61. The van der Waals surface area contributed by atoms with E-state index in [0.717, 1.165) is 5.39 Å². The average Bonchev–Trinajstić information content (AvgIpc) is 3.35. The summed E-state index contributed by atoms with van der Waals surface area (Å²) >= 11 is 1.30. The van der Waals surface area contributed by atoms with Crippen molar-refractivity contribution in [2.45, 2.75) is 18.5 Å². The molecule has 0 atom stereocenters. The van der Waals surface area contributed by atoms with Crippen LogP contribution in [0.15, 0.2) is 66.0 Å². The third kappa shape index (κ3) is 4.62. The van der Waals surface area contributed by atoms with E-state index >= 15 is 0 Å².